The number of hydrogen-bond acceptors (Lipinski definition) is 5. The molecule has 0 fully saturated rings. The van der Waals surface area contributed by atoms with Crippen molar-refractivity contribution in [3.05, 3.63) is 58.9 Å². The Morgan fingerprint density at radius 3 is 2.81 bits per heavy atom. The molecular weight excluding hydrogens is 352 g/mol. The van der Waals surface area contributed by atoms with Crippen LogP contribution in [0.25, 0.3) is 23.0 Å². The predicted octanol–water partition coefficient (Wildman–Crippen LogP) is 3.93. The van der Waals surface area contributed by atoms with Crippen molar-refractivity contribution in [1.29, 1.82) is 5.26 Å². The summed E-state index contributed by atoms with van der Waals surface area (Å²) in [4.78, 5) is 0. The molecule has 0 aliphatic carbocycles. The Labute approximate surface area is 154 Å². The number of benzene rings is 2. The number of hydrogen-bond donors (Lipinski definition) is 0. The smallest absolute Gasteiger partial charge is 0.231 e. The third kappa shape index (κ3) is 2.79. The average Bonchev–Trinajstić information content (AvgIpc) is 3.27. The van der Waals surface area contributed by atoms with Crippen molar-refractivity contribution < 1.29 is 9.47 Å². The molecule has 0 saturated heterocycles. The molecule has 0 unspecified atom stereocenters. The summed E-state index contributed by atoms with van der Waals surface area (Å²) in [6.07, 6.45) is 1.70. The van der Waals surface area contributed by atoms with Gasteiger partial charge in [-0.05, 0) is 23.8 Å². The number of nitrogens with zero attached hydrogens (tertiary/aromatic N) is 4. The second-order valence-electron chi connectivity index (χ2n) is 5.68. The van der Waals surface area contributed by atoms with Gasteiger partial charge in [-0.3, -0.25) is 0 Å². The molecule has 0 bridgehead atoms. The van der Waals surface area contributed by atoms with Crippen LogP contribution in [-0.4, -0.2) is 21.6 Å². The van der Waals surface area contributed by atoms with Gasteiger partial charge in [-0.15, -0.1) is 10.2 Å². The van der Waals surface area contributed by atoms with Crippen LogP contribution in [0.4, 0.5) is 0 Å². The van der Waals surface area contributed by atoms with E-state index in [0.29, 0.717) is 33.7 Å². The van der Waals surface area contributed by atoms with Crippen LogP contribution in [-0.2, 0) is 7.05 Å². The Balaban J connectivity index is 1.75. The summed E-state index contributed by atoms with van der Waals surface area (Å²) in [7, 11) is 1.83. The Morgan fingerprint density at radius 1 is 1.23 bits per heavy atom. The minimum Gasteiger partial charge on any atom is -0.454 e. The maximum absolute atomic E-state index is 9.62. The first-order valence-electron chi connectivity index (χ1n) is 7.83. The van der Waals surface area contributed by atoms with Crippen molar-refractivity contribution in [3.63, 3.8) is 0 Å². The zero-order valence-electron chi connectivity index (χ0n) is 13.8. The van der Waals surface area contributed by atoms with Gasteiger partial charge < -0.3 is 14.0 Å². The summed E-state index contributed by atoms with van der Waals surface area (Å²) in [6.45, 7) is 0.136. The lowest BCUT2D eigenvalue weighted by Crippen LogP contribution is -1.98. The fraction of sp³-hybridized carbons (Fsp3) is 0.105. The van der Waals surface area contributed by atoms with E-state index in [2.05, 4.69) is 16.3 Å². The molecule has 1 aromatic heterocycles. The summed E-state index contributed by atoms with van der Waals surface area (Å²) in [5.74, 6) is 2.24. The van der Waals surface area contributed by atoms with Crippen LogP contribution in [0, 0.1) is 11.3 Å². The Morgan fingerprint density at radius 2 is 2.04 bits per heavy atom. The van der Waals surface area contributed by atoms with E-state index in [1.165, 1.54) is 0 Å². The summed E-state index contributed by atoms with van der Waals surface area (Å²) in [5, 5.41) is 18.5. The van der Waals surface area contributed by atoms with Crippen LogP contribution < -0.4 is 9.47 Å². The highest BCUT2D eigenvalue weighted by Gasteiger charge is 2.19. The van der Waals surface area contributed by atoms with Crippen LogP contribution in [0.1, 0.15) is 11.4 Å². The van der Waals surface area contributed by atoms with E-state index in [-0.39, 0.29) is 6.79 Å². The standard InChI is InChI=1S/C19H13ClN4O2/c1-24-18(13-5-3-2-4-6-13)22-23-19(24)14(10-21)7-12-8-15(20)17-16(9-12)25-11-26-17/h2-9H,11H2,1H3. The zero-order valence-corrected chi connectivity index (χ0v) is 14.6. The maximum Gasteiger partial charge on any atom is 0.231 e. The normalized spacial score (nSPS) is 12.9. The van der Waals surface area contributed by atoms with E-state index < -0.39 is 0 Å². The largest absolute Gasteiger partial charge is 0.454 e. The van der Waals surface area contributed by atoms with Gasteiger partial charge in [0.05, 0.1) is 10.6 Å². The van der Waals surface area contributed by atoms with Gasteiger partial charge in [0.2, 0.25) is 6.79 Å². The molecule has 2 aromatic carbocycles. The van der Waals surface area contributed by atoms with E-state index in [1.54, 1.807) is 22.8 Å². The van der Waals surface area contributed by atoms with Gasteiger partial charge in [-0.2, -0.15) is 5.26 Å². The molecule has 6 nitrogen and oxygen atoms in total. The molecule has 0 N–H and O–H groups in total. The quantitative estimate of drug-likeness (QED) is 0.658. The molecule has 3 aromatic rings. The van der Waals surface area contributed by atoms with Crippen LogP contribution in [0.3, 0.4) is 0 Å². The molecule has 7 heteroatoms. The summed E-state index contributed by atoms with van der Waals surface area (Å²) in [5.41, 5.74) is 2.02. The minimum absolute atomic E-state index is 0.136. The second-order valence-corrected chi connectivity index (χ2v) is 6.09. The van der Waals surface area contributed by atoms with Crippen molar-refractivity contribution in [1.82, 2.24) is 14.8 Å². The first-order chi connectivity index (χ1) is 12.7. The number of rotatable bonds is 3. The number of nitriles is 1. The molecule has 0 amide bonds. The molecule has 4 rings (SSSR count). The molecular formula is C19H13ClN4O2. The van der Waals surface area contributed by atoms with E-state index in [1.807, 2.05) is 37.4 Å². The molecule has 0 spiro atoms. The number of allylic oxidation sites excluding steroid dienone is 1. The predicted molar refractivity (Wildman–Crippen MR) is 97.5 cm³/mol. The SMILES string of the molecule is Cn1c(C(C#N)=Cc2cc(Cl)c3c(c2)OCO3)nnc1-c1ccccc1. The zero-order chi connectivity index (χ0) is 18.1. The number of halogens is 1. The lowest BCUT2D eigenvalue weighted by molar-refractivity contribution is 0.174. The van der Waals surface area contributed by atoms with Gasteiger partial charge in [0, 0.05) is 12.6 Å². The minimum atomic E-state index is 0.136. The third-order valence-corrected chi connectivity index (χ3v) is 4.31. The number of aromatic nitrogens is 3. The highest BCUT2D eigenvalue weighted by molar-refractivity contribution is 6.32. The number of fused-ring (bicyclic) bond motifs is 1. The Kier molecular flexibility index (Phi) is 4.07. The maximum atomic E-state index is 9.62. The lowest BCUT2D eigenvalue weighted by Gasteiger charge is -2.04. The van der Waals surface area contributed by atoms with Gasteiger partial charge >= 0.3 is 0 Å². The molecule has 0 radical (unpaired) electrons. The first kappa shape index (κ1) is 16.2. The third-order valence-electron chi connectivity index (χ3n) is 4.03. The monoisotopic (exact) mass is 364 g/mol. The van der Waals surface area contributed by atoms with Crippen molar-refractivity contribution in [2.45, 2.75) is 0 Å². The van der Waals surface area contributed by atoms with E-state index in [4.69, 9.17) is 21.1 Å². The van der Waals surface area contributed by atoms with Gasteiger partial charge in [0.1, 0.15) is 6.07 Å². The highest BCUT2D eigenvalue weighted by atomic mass is 35.5. The summed E-state index contributed by atoms with van der Waals surface area (Å²) < 4.78 is 12.5. The molecule has 128 valence electrons. The molecule has 1 aliphatic heterocycles. The van der Waals surface area contributed by atoms with E-state index in [9.17, 15) is 5.26 Å². The van der Waals surface area contributed by atoms with Crippen LogP contribution in [0.5, 0.6) is 11.5 Å². The fourth-order valence-electron chi connectivity index (χ4n) is 2.79. The first-order valence-corrected chi connectivity index (χ1v) is 8.21. The van der Waals surface area contributed by atoms with Gasteiger partial charge in [-0.25, -0.2) is 0 Å². The van der Waals surface area contributed by atoms with Crippen molar-refractivity contribution >= 4 is 23.3 Å². The molecule has 1 aliphatic rings. The van der Waals surface area contributed by atoms with Gasteiger partial charge in [-0.1, -0.05) is 41.9 Å². The topological polar surface area (TPSA) is 73.0 Å². The molecule has 0 atom stereocenters. The van der Waals surface area contributed by atoms with Crippen molar-refractivity contribution in [2.24, 2.45) is 7.05 Å². The van der Waals surface area contributed by atoms with Crippen LogP contribution in [0.15, 0.2) is 42.5 Å². The van der Waals surface area contributed by atoms with Gasteiger partial charge in [0.15, 0.2) is 23.1 Å². The van der Waals surface area contributed by atoms with E-state index in [0.717, 1.165) is 11.1 Å². The fourth-order valence-corrected chi connectivity index (χ4v) is 3.06. The summed E-state index contributed by atoms with van der Waals surface area (Å²) in [6, 6.07) is 15.4. The second kappa shape index (κ2) is 6.54. The Hall–Kier alpha value is -3.30. The molecule has 0 saturated carbocycles. The van der Waals surface area contributed by atoms with Crippen molar-refractivity contribution in [2.75, 3.05) is 6.79 Å². The van der Waals surface area contributed by atoms with Crippen molar-refractivity contribution in [3.8, 4) is 29.0 Å². The summed E-state index contributed by atoms with van der Waals surface area (Å²) >= 11 is 6.21. The number of ether oxygens (including phenoxy) is 2. The lowest BCUT2D eigenvalue weighted by atomic mass is 10.1. The molecule has 26 heavy (non-hydrogen) atoms. The highest BCUT2D eigenvalue weighted by Crippen LogP contribution is 2.40. The van der Waals surface area contributed by atoms with Crippen LogP contribution in [0.2, 0.25) is 5.02 Å². The van der Waals surface area contributed by atoms with Crippen LogP contribution >= 0.6 is 11.6 Å². The average molecular weight is 365 g/mol. The Bertz CT molecular complexity index is 1050. The van der Waals surface area contributed by atoms with E-state index >= 15 is 0 Å². The van der Waals surface area contributed by atoms with Gasteiger partial charge in [0.25, 0.3) is 0 Å². The molecule has 2 heterocycles.